The number of anilines is 1. The van der Waals surface area contributed by atoms with Gasteiger partial charge in [-0.25, -0.2) is 4.98 Å². The molecule has 1 aliphatic rings. The zero-order valence-electron chi connectivity index (χ0n) is 20.8. The molecule has 0 aliphatic carbocycles. The van der Waals surface area contributed by atoms with Crippen molar-refractivity contribution in [2.75, 3.05) is 18.0 Å². The summed E-state index contributed by atoms with van der Waals surface area (Å²) >= 11 is 0. The minimum Gasteiger partial charge on any atom is -0.359 e. The monoisotopic (exact) mass is 505 g/mol. The number of nitriles is 1. The van der Waals surface area contributed by atoms with Gasteiger partial charge in [-0.15, -0.1) is 0 Å². The fraction of sp³-hybridized carbons (Fsp3) is 0.241. The number of nitrogens with zero attached hydrogens (tertiary/aromatic N) is 6. The first-order valence-corrected chi connectivity index (χ1v) is 12.7. The van der Waals surface area contributed by atoms with Gasteiger partial charge < -0.3 is 19.7 Å². The number of fused-ring (bicyclic) bond motifs is 1. The van der Waals surface area contributed by atoms with Crippen molar-refractivity contribution in [2.24, 2.45) is 5.73 Å². The van der Waals surface area contributed by atoms with Gasteiger partial charge in [0.2, 0.25) is 0 Å². The van der Waals surface area contributed by atoms with Crippen molar-refractivity contribution in [3.05, 3.63) is 100 Å². The average Bonchev–Trinajstić information content (AvgIpc) is 3.54. The molecule has 4 heterocycles. The van der Waals surface area contributed by atoms with E-state index in [9.17, 15) is 10.1 Å². The summed E-state index contributed by atoms with van der Waals surface area (Å²) < 4.78 is 8.99. The highest BCUT2D eigenvalue weighted by Gasteiger charge is 2.28. The van der Waals surface area contributed by atoms with E-state index in [0.717, 1.165) is 30.5 Å². The molecule has 9 heteroatoms. The smallest absolute Gasteiger partial charge is 0.278 e. The van der Waals surface area contributed by atoms with Crippen LogP contribution in [-0.2, 0) is 13.1 Å². The SMILES string of the molecule is N#Cc1c(N2CCCC(N)C2)n(Cc2ccccc2)c2c(=O)n(Cc3cc(-c4ccccc4)no3)cnc12. The normalized spacial score (nSPS) is 15.6. The molecule has 1 aliphatic heterocycles. The molecule has 3 aromatic heterocycles. The molecule has 1 fully saturated rings. The number of hydrogen-bond acceptors (Lipinski definition) is 7. The highest BCUT2D eigenvalue weighted by atomic mass is 16.5. The Morgan fingerprint density at radius 3 is 2.58 bits per heavy atom. The summed E-state index contributed by atoms with van der Waals surface area (Å²) in [6, 6.07) is 23.8. The van der Waals surface area contributed by atoms with Gasteiger partial charge in [-0.3, -0.25) is 9.36 Å². The van der Waals surface area contributed by atoms with Gasteiger partial charge in [-0.1, -0.05) is 65.8 Å². The molecule has 0 spiro atoms. The maximum Gasteiger partial charge on any atom is 0.278 e. The number of nitrogens with two attached hydrogens (primary N) is 1. The Kier molecular flexibility index (Phi) is 6.23. The molecule has 5 aromatic rings. The van der Waals surface area contributed by atoms with E-state index in [4.69, 9.17) is 10.3 Å². The lowest BCUT2D eigenvalue weighted by Gasteiger charge is -2.33. The van der Waals surface area contributed by atoms with Crippen molar-refractivity contribution in [1.82, 2.24) is 19.3 Å². The highest BCUT2D eigenvalue weighted by Crippen LogP contribution is 2.32. The zero-order chi connectivity index (χ0) is 26.1. The van der Waals surface area contributed by atoms with Gasteiger partial charge in [-0.2, -0.15) is 5.26 Å². The van der Waals surface area contributed by atoms with Crippen molar-refractivity contribution >= 4 is 16.9 Å². The molecular weight excluding hydrogens is 478 g/mol. The van der Waals surface area contributed by atoms with Gasteiger partial charge >= 0.3 is 0 Å². The summed E-state index contributed by atoms with van der Waals surface area (Å²) in [6.07, 6.45) is 3.34. The summed E-state index contributed by atoms with van der Waals surface area (Å²) in [5.41, 5.74) is 9.92. The predicted octanol–water partition coefficient (Wildman–Crippen LogP) is 3.75. The van der Waals surface area contributed by atoms with Crippen LogP contribution in [-0.4, -0.2) is 38.4 Å². The van der Waals surface area contributed by atoms with Gasteiger partial charge in [0.05, 0.1) is 12.9 Å². The topological polar surface area (TPSA) is 119 Å². The van der Waals surface area contributed by atoms with E-state index in [0.29, 0.717) is 47.0 Å². The summed E-state index contributed by atoms with van der Waals surface area (Å²) in [5.74, 6) is 1.24. The number of rotatable bonds is 6. The molecule has 1 atom stereocenters. The summed E-state index contributed by atoms with van der Waals surface area (Å²) in [7, 11) is 0. The minimum atomic E-state index is -0.243. The molecule has 6 rings (SSSR count). The maximum absolute atomic E-state index is 13.9. The first-order valence-electron chi connectivity index (χ1n) is 12.7. The van der Waals surface area contributed by atoms with Crippen LogP contribution in [0.1, 0.15) is 29.7 Å². The van der Waals surface area contributed by atoms with Crippen LogP contribution >= 0.6 is 0 Å². The van der Waals surface area contributed by atoms with Crippen LogP contribution in [0.5, 0.6) is 0 Å². The first-order chi connectivity index (χ1) is 18.6. The average molecular weight is 506 g/mol. The second-order valence-electron chi connectivity index (χ2n) is 9.65. The van der Waals surface area contributed by atoms with Crippen LogP contribution in [0.3, 0.4) is 0 Å². The number of benzene rings is 2. The van der Waals surface area contributed by atoms with Crippen molar-refractivity contribution in [3.63, 3.8) is 0 Å². The molecule has 2 aromatic carbocycles. The zero-order valence-corrected chi connectivity index (χ0v) is 20.8. The van der Waals surface area contributed by atoms with Crippen molar-refractivity contribution in [3.8, 4) is 17.3 Å². The van der Waals surface area contributed by atoms with E-state index in [1.807, 2.05) is 71.3 Å². The van der Waals surface area contributed by atoms with E-state index in [1.54, 1.807) is 0 Å². The lowest BCUT2D eigenvalue weighted by Crippen LogP contribution is -2.44. The Labute approximate surface area is 219 Å². The molecule has 0 bridgehead atoms. The van der Waals surface area contributed by atoms with Gasteiger partial charge in [0.1, 0.15) is 34.2 Å². The molecule has 38 heavy (non-hydrogen) atoms. The standard InChI is InChI=1S/C29H27N7O2/c30-15-24-26-27(36(16-20-8-3-1-4-9-20)28(24)34-13-7-12-22(31)17-34)29(37)35(19-32-26)18-23-14-25(33-38-23)21-10-5-2-6-11-21/h1-6,8-11,14,19,22H,7,12-13,16-18,31H2. The molecule has 0 amide bonds. The van der Waals surface area contributed by atoms with Crippen molar-refractivity contribution in [1.29, 1.82) is 5.26 Å². The van der Waals surface area contributed by atoms with Gasteiger partial charge in [-0.05, 0) is 18.4 Å². The molecule has 0 radical (unpaired) electrons. The van der Waals surface area contributed by atoms with Gasteiger partial charge in [0.15, 0.2) is 5.76 Å². The third kappa shape index (κ3) is 4.35. The quantitative estimate of drug-likeness (QED) is 0.373. The van der Waals surface area contributed by atoms with E-state index in [1.165, 1.54) is 10.9 Å². The first kappa shape index (κ1) is 23.7. The summed E-state index contributed by atoms with van der Waals surface area (Å²) in [6.45, 7) is 1.99. The van der Waals surface area contributed by atoms with Crippen molar-refractivity contribution < 1.29 is 4.52 Å². The van der Waals surface area contributed by atoms with Crippen LogP contribution in [0.25, 0.3) is 22.3 Å². The second-order valence-corrected chi connectivity index (χ2v) is 9.65. The minimum absolute atomic E-state index is 0.00774. The number of aromatic nitrogens is 4. The van der Waals surface area contributed by atoms with Crippen LogP contribution < -0.4 is 16.2 Å². The molecule has 9 nitrogen and oxygen atoms in total. The third-order valence-electron chi connectivity index (χ3n) is 7.01. The van der Waals surface area contributed by atoms with Crippen LogP contribution in [0, 0.1) is 11.3 Å². The van der Waals surface area contributed by atoms with Gasteiger partial charge in [0.25, 0.3) is 5.56 Å². The molecular formula is C29H27N7O2. The van der Waals surface area contributed by atoms with Crippen LogP contribution in [0.15, 0.2) is 82.4 Å². The maximum atomic E-state index is 13.9. The van der Waals surface area contributed by atoms with Crippen LogP contribution in [0.4, 0.5) is 5.82 Å². The lowest BCUT2D eigenvalue weighted by molar-refractivity contribution is 0.376. The van der Waals surface area contributed by atoms with E-state index in [2.05, 4.69) is 21.1 Å². The molecule has 1 saturated heterocycles. The largest absolute Gasteiger partial charge is 0.359 e. The molecule has 0 saturated carbocycles. The molecule has 190 valence electrons. The number of hydrogen-bond donors (Lipinski definition) is 1. The summed E-state index contributed by atoms with van der Waals surface area (Å²) in [5, 5.41) is 14.4. The van der Waals surface area contributed by atoms with Crippen LogP contribution in [0.2, 0.25) is 0 Å². The second kappa shape index (κ2) is 10.00. The lowest BCUT2D eigenvalue weighted by atomic mass is 10.1. The Hall–Kier alpha value is -4.68. The summed E-state index contributed by atoms with van der Waals surface area (Å²) in [4.78, 5) is 20.7. The van der Waals surface area contributed by atoms with E-state index < -0.39 is 0 Å². The fourth-order valence-corrected chi connectivity index (χ4v) is 5.22. The Balaban J connectivity index is 1.46. The Morgan fingerprint density at radius 2 is 1.84 bits per heavy atom. The predicted molar refractivity (Wildman–Crippen MR) is 145 cm³/mol. The van der Waals surface area contributed by atoms with E-state index >= 15 is 0 Å². The third-order valence-corrected chi connectivity index (χ3v) is 7.01. The molecule has 2 N–H and O–H groups in total. The fourth-order valence-electron chi connectivity index (χ4n) is 5.22. The molecule has 1 unspecified atom stereocenters. The highest BCUT2D eigenvalue weighted by molar-refractivity contribution is 5.89. The van der Waals surface area contributed by atoms with Gasteiger partial charge in [0, 0.05) is 37.3 Å². The Morgan fingerprint density at radius 1 is 1.08 bits per heavy atom. The van der Waals surface area contributed by atoms with Crippen molar-refractivity contribution in [2.45, 2.75) is 32.0 Å². The Bertz CT molecular complexity index is 1680. The number of piperidine rings is 1. The van der Waals surface area contributed by atoms with E-state index in [-0.39, 0.29) is 18.1 Å².